The number of rotatable bonds is 1. The van der Waals surface area contributed by atoms with E-state index in [4.69, 9.17) is 5.73 Å². The van der Waals surface area contributed by atoms with Crippen LogP contribution < -0.4 is 5.73 Å². The largest absolute Gasteiger partial charge is 0.323 e. The number of hydrogen-bond donors (Lipinski definition) is 1. The molecule has 0 fully saturated rings. The molecule has 0 aliphatic rings. The number of nitrogens with two attached hydrogens (primary N) is 1. The van der Waals surface area contributed by atoms with Crippen LogP contribution in [-0.4, -0.2) is 4.98 Å². The molecular weight excluding hydrogens is 148 g/mol. The lowest BCUT2D eigenvalue weighted by atomic mass is 10.1. The van der Waals surface area contributed by atoms with Gasteiger partial charge in [0, 0.05) is 11.7 Å². The molecule has 0 saturated heterocycles. The third kappa shape index (κ3) is 1.64. The van der Waals surface area contributed by atoms with Crippen molar-refractivity contribution in [3.63, 3.8) is 0 Å². The molecule has 1 unspecified atom stereocenters. The molecule has 2 heteroatoms. The van der Waals surface area contributed by atoms with E-state index in [-0.39, 0.29) is 6.04 Å². The van der Waals surface area contributed by atoms with Crippen molar-refractivity contribution < 1.29 is 0 Å². The average Bonchev–Trinajstić information content (AvgIpc) is 1.99. The van der Waals surface area contributed by atoms with E-state index < -0.39 is 0 Å². The lowest BCUT2D eigenvalue weighted by molar-refractivity contribution is 0.771. The van der Waals surface area contributed by atoms with Gasteiger partial charge in [-0.05, 0) is 44.9 Å². The molecule has 0 saturated carbocycles. The van der Waals surface area contributed by atoms with Gasteiger partial charge < -0.3 is 5.73 Å². The Labute approximate surface area is 73.8 Å². The first-order chi connectivity index (χ1) is 5.52. The number of aromatic nitrogens is 1. The second-order valence-electron chi connectivity index (χ2n) is 3.36. The van der Waals surface area contributed by atoms with Gasteiger partial charge in [0.2, 0.25) is 0 Å². The van der Waals surface area contributed by atoms with Gasteiger partial charge in [0.1, 0.15) is 0 Å². The topological polar surface area (TPSA) is 38.9 Å². The minimum absolute atomic E-state index is 0.0306. The van der Waals surface area contributed by atoms with Gasteiger partial charge in [-0.1, -0.05) is 0 Å². The summed E-state index contributed by atoms with van der Waals surface area (Å²) in [5, 5.41) is 0. The quantitative estimate of drug-likeness (QED) is 0.689. The maximum Gasteiger partial charge on any atom is 0.0574 e. The van der Waals surface area contributed by atoms with E-state index in [1.54, 1.807) is 0 Å². The maximum atomic E-state index is 5.74. The molecule has 1 heterocycles. The van der Waals surface area contributed by atoms with Gasteiger partial charge in [-0.2, -0.15) is 0 Å². The van der Waals surface area contributed by atoms with E-state index in [0.29, 0.717) is 0 Å². The van der Waals surface area contributed by atoms with Crippen molar-refractivity contribution >= 4 is 0 Å². The fraction of sp³-hybridized carbons (Fsp3) is 0.500. The number of aryl methyl sites for hydroxylation is 2. The Kier molecular flexibility index (Phi) is 2.48. The maximum absolute atomic E-state index is 5.74. The Balaban J connectivity index is 3.21. The third-order valence-electron chi connectivity index (χ3n) is 2.26. The Morgan fingerprint density at radius 1 is 1.33 bits per heavy atom. The first-order valence-electron chi connectivity index (χ1n) is 4.22. The molecule has 12 heavy (non-hydrogen) atoms. The van der Waals surface area contributed by atoms with Crippen molar-refractivity contribution in [2.24, 2.45) is 5.73 Å². The van der Waals surface area contributed by atoms with Crippen LogP contribution in [-0.2, 0) is 0 Å². The summed E-state index contributed by atoms with van der Waals surface area (Å²) in [6, 6.07) is 2.09. The Morgan fingerprint density at radius 3 is 2.33 bits per heavy atom. The summed E-state index contributed by atoms with van der Waals surface area (Å²) < 4.78 is 0. The highest BCUT2D eigenvalue weighted by molar-refractivity contribution is 5.30. The van der Waals surface area contributed by atoms with Gasteiger partial charge in [-0.3, -0.25) is 4.98 Å². The minimum atomic E-state index is 0.0306. The van der Waals surface area contributed by atoms with Gasteiger partial charge in [-0.15, -0.1) is 0 Å². The van der Waals surface area contributed by atoms with E-state index in [0.717, 1.165) is 11.4 Å². The van der Waals surface area contributed by atoms with Crippen LogP contribution in [0.1, 0.15) is 35.5 Å². The molecule has 1 rings (SSSR count). The molecule has 0 aliphatic carbocycles. The average molecular weight is 164 g/mol. The standard InChI is InChI=1S/C10H16N2/c1-6-5-10(8(3)11)12-9(4)7(6)2/h5,8H,11H2,1-4H3. The molecule has 0 aliphatic heterocycles. The number of nitrogens with zero attached hydrogens (tertiary/aromatic N) is 1. The van der Waals surface area contributed by atoms with Crippen LogP contribution in [0.4, 0.5) is 0 Å². The lowest BCUT2D eigenvalue weighted by Crippen LogP contribution is -2.09. The zero-order valence-corrected chi connectivity index (χ0v) is 8.18. The van der Waals surface area contributed by atoms with Crippen LogP contribution in [0.15, 0.2) is 6.07 Å². The van der Waals surface area contributed by atoms with Crippen molar-refractivity contribution in [2.45, 2.75) is 33.7 Å². The molecule has 0 bridgehead atoms. The van der Waals surface area contributed by atoms with Crippen LogP contribution in [0.5, 0.6) is 0 Å². The van der Waals surface area contributed by atoms with Crippen LogP contribution in [0, 0.1) is 20.8 Å². The van der Waals surface area contributed by atoms with Crippen LogP contribution >= 0.6 is 0 Å². The van der Waals surface area contributed by atoms with Crippen molar-refractivity contribution in [1.29, 1.82) is 0 Å². The predicted molar refractivity (Wildman–Crippen MR) is 51.1 cm³/mol. The van der Waals surface area contributed by atoms with Crippen molar-refractivity contribution in [2.75, 3.05) is 0 Å². The molecule has 1 aromatic heterocycles. The molecular formula is C10H16N2. The summed E-state index contributed by atoms with van der Waals surface area (Å²) >= 11 is 0. The van der Waals surface area contributed by atoms with Crippen LogP contribution in [0.3, 0.4) is 0 Å². The van der Waals surface area contributed by atoms with E-state index in [1.165, 1.54) is 11.1 Å². The third-order valence-corrected chi connectivity index (χ3v) is 2.26. The first kappa shape index (κ1) is 9.20. The Hall–Kier alpha value is -0.890. The van der Waals surface area contributed by atoms with Crippen molar-refractivity contribution in [3.8, 4) is 0 Å². The van der Waals surface area contributed by atoms with Crippen molar-refractivity contribution in [1.82, 2.24) is 4.98 Å². The summed E-state index contributed by atoms with van der Waals surface area (Å²) in [7, 11) is 0. The predicted octanol–water partition coefficient (Wildman–Crippen LogP) is 2.03. The molecule has 66 valence electrons. The summed E-state index contributed by atoms with van der Waals surface area (Å²) in [5.74, 6) is 0. The molecule has 1 aromatic rings. The first-order valence-corrected chi connectivity index (χ1v) is 4.22. The van der Waals surface area contributed by atoms with E-state index >= 15 is 0 Å². The molecule has 0 aromatic carbocycles. The molecule has 0 amide bonds. The molecule has 0 radical (unpaired) electrons. The normalized spacial score (nSPS) is 13.1. The summed E-state index contributed by atoms with van der Waals surface area (Å²) in [6.07, 6.45) is 0. The summed E-state index contributed by atoms with van der Waals surface area (Å²) in [5.41, 5.74) is 10.3. The molecule has 0 spiro atoms. The fourth-order valence-electron chi connectivity index (χ4n) is 1.16. The summed E-state index contributed by atoms with van der Waals surface area (Å²) in [4.78, 5) is 4.41. The highest BCUT2D eigenvalue weighted by Gasteiger charge is 2.05. The SMILES string of the molecule is Cc1cc(C(C)N)nc(C)c1C. The van der Waals surface area contributed by atoms with Gasteiger partial charge in [0.05, 0.1) is 5.69 Å². The second kappa shape index (κ2) is 3.23. The van der Waals surface area contributed by atoms with Gasteiger partial charge in [0.15, 0.2) is 0 Å². The smallest absolute Gasteiger partial charge is 0.0574 e. The second-order valence-corrected chi connectivity index (χ2v) is 3.36. The zero-order valence-electron chi connectivity index (χ0n) is 8.18. The summed E-state index contributed by atoms with van der Waals surface area (Å²) in [6.45, 7) is 8.16. The lowest BCUT2D eigenvalue weighted by Gasteiger charge is -2.10. The monoisotopic (exact) mass is 164 g/mol. The Morgan fingerprint density at radius 2 is 1.92 bits per heavy atom. The Bertz CT molecular complexity index is 267. The van der Waals surface area contributed by atoms with Crippen LogP contribution in [0.25, 0.3) is 0 Å². The van der Waals surface area contributed by atoms with Gasteiger partial charge in [-0.25, -0.2) is 0 Å². The van der Waals surface area contributed by atoms with E-state index in [9.17, 15) is 0 Å². The highest BCUT2D eigenvalue weighted by Crippen LogP contribution is 2.15. The number of pyridine rings is 1. The fourth-order valence-corrected chi connectivity index (χ4v) is 1.16. The van der Waals surface area contributed by atoms with Crippen LogP contribution in [0.2, 0.25) is 0 Å². The van der Waals surface area contributed by atoms with E-state index in [1.807, 2.05) is 13.8 Å². The molecule has 1 atom stereocenters. The van der Waals surface area contributed by atoms with E-state index in [2.05, 4.69) is 24.9 Å². The zero-order chi connectivity index (χ0) is 9.30. The highest BCUT2D eigenvalue weighted by atomic mass is 14.8. The van der Waals surface area contributed by atoms with Crippen molar-refractivity contribution in [3.05, 3.63) is 28.6 Å². The van der Waals surface area contributed by atoms with Gasteiger partial charge in [0.25, 0.3) is 0 Å². The van der Waals surface area contributed by atoms with Gasteiger partial charge >= 0.3 is 0 Å². The molecule has 2 N–H and O–H groups in total. The number of hydrogen-bond acceptors (Lipinski definition) is 2. The minimum Gasteiger partial charge on any atom is -0.323 e. The molecule has 2 nitrogen and oxygen atoms in total.